The minimum atomic E-state index is -1.01. The summed E-state index contributed by atoms with van der Waals surface area (Å²) in [5, 5.41) is 14.3. The van der Waals surface area contributed by atoms with Crippen LogP contribution in [-0.4, -0.2) is 23.1 Å². The molecule has 0 heterocycles. The minimum absolute atomic E-state index is 0.152. The van der Waals surface area contributed by atoms with Crippen LogP contribution in [0.15, 0.2) is 24.3 Å². The second-order valence-corrected chi connectivity index (χ2v) is 5.23. The van der Waals surface area contributed by atoms with Crippen LogP contribution in [0.3, 0.4) is 0 Å². The Labute approximate surface area is 105 Å². The highest BCUT2D eigenvalue weighted by Gasteiger charge is 2.46. The first-order valence-corrected chi connectivity index (χ1v) is 5.79. The van der Waals surface area contributed by atoms with Crippen LogP contribution in [0, 0.1) is 5.41 Å². The van der Waals surface area contributed by atoms with E-state index >= 15 is 0 Å². The van der Waals surface area contributed by atoms with Gasteiger partial charge in [-0.1, -0.05) is 19.9 Å². The van der Waals surface area contributed by atoms with Crippen LogP contribution in [0.5, 0.6) is 0 Å². The Balaban J connectivity index is 1.95. The normalized spacial score (nSPS) is 20.0. The number of hydrogen-bond acceptors (Lipinski definition) is 2. The van der Waals surface area contributed by atoms with E-state index in [-0.39, 0.29) is 23.1 Å². The summed E-state index contributed by atoms with van der Waals surface area (Å²) in [4.78, 5) is 22.4. The van der Waals surface area contributed by atoms with E-state index in [9.17, 15) is 9.59 Å². The smallest absolute Gasteiger partial charge is 0.335 e. The molecule has 96 valence electrons. The number of carboxylic acid groups (broad SMARTS) is 1. The zero-order valence-corrected chi connectivity index (χ0v) is 10.4. The summed E-state index contributed by atoms with van der Waals surface area (Å²) in [6.45, 7) is 4.17. The Hall–Kier alpha value is -2.04. The summed E-state index contributed by atoms with van der Waals surface area (Å²) in [5.74, 6) is -1.01. The average molecular weight is 248 g/mol. The van der Waals surface area contributed by atoms with E-state index in [2.05, 4.69) is 24.5 Å². The molecule has 5 nitrogen and oxygen atoms in total. The quantitative estimate of drug-likeness (QED) is 0.768. The number of aromatic carboxylic acids is 1. The van der Waals surface area contributed by atoms with Crippen molar-refractivity contribution >= 4 is 17.7 Å². The lowest BCUT2D eigenvalue weighted by Gasteiger charge is -2.09. The van der Waals surface area contributed by atoms with Crippen molar-refractivity contribution in [3.8, 4) is 0 Å². The van der Waals surface area contributed by atoms with Crippen molar-refractivity contribution in [2.24, 2.45) is 5.41 Å². The number of anilines is 1. The topological polar surface area (TPSA) is 78.4 Å². The van der Waals surface area contributed by atoms with Gasteiger partial charge in [-0.05, 0) is 30.0 Å². The molecule has 5 heteroatoms. The number of carbonyl (C=O) groups excluding carboxylic acids is 1. The molecule has 0 aromatic heterocycles. The monoisotopic (exact) mass is 248 g/mol. The molecule has 18 heavy (non-hydrogen) atoms. The van der Waals surface area contributed by atoms with Gasteiger partial charge in [0.15, 0.2) is 0 Å². The van der Waals surface area contributed by atoms with Crippen LogP contribution in [0.4, 0.5) is 10.5 Å². The molecule has 2 rings (SSSR count). The predicted octanol–water partition coefficient (Wildman–Crippen LogP) is 2.30. The SMILES string of the molecule is CC1(C)CC1NC(=O)Nc1cccc(C(=O)O)c1. The van der Waals surface area contributed by atoms with Crippen LogP contribution in [0.1, 0.15) is 30.6 Å². The maximum absolute atomic E-state index is 11.7. The van der Waals surface area contributed by atoms with E-state index in [0.29, 0.717) is 5.69 Å². The molecule has 1 aliphatic carbocycles. The number of hydrogen-bond donors (Lipinski definition) is 3. The standard InChI is InChI=1S/C13H16N2O3/c1-13(2)7-10(13)15-12(18)14-9-5-3-4-8(6-9)11(16)17/h3-6,10H,7H2,1-2H3,(H,16,17)(H2,14,15,18). The van der Waals surface area contributed by atoms with Crippen molar-refractivity contribution in [1.82, 2.24) is 5.32 Å². The van der Waals surface area contributed by atoms with Crippen LogP contribution >= 0.6 is 0 Å². The number of nitrogens with one attached hydrogen (secondary N) is 2. The van der Waals surface area contributed by atoms with E-state index < -0.39 is 5.97 Å². The maximum atomic E-state index is 11.7. The van der Waals surface area contributed by atoms with E-state index in [4.69, 9.17) is 5.11 Å². The van der Waals surface area contributed by atoms with Crippen molar-refractivity contribution in [2.75, 3.05) is 5.32 Å². The fourth-order valence-electron chi connectivity index (χ4n) is 1.77. The number of urea groups is 1. The van der Waals surface area contributed by atoms with Crippen molar-refractivity contribution < 1.29 is 14.7 Å². The van der Waals surface area contributed by atoms with Crippen LogP contribution in [-0.2, 0) is 0 Å². The number of rotatable bonds is 3. The van der Waals surface area contributed by atoms with E-state index in [1.54, 1.807) is 12.1 Å². The highest BCUT2D eigenvalue weighted by atomic mass is 16.4. The fourth-order valence-corrected chi connectivity index (χ4v) is 1.77. The van der Waals surface area contributed by atoms with E-state index in [1.165, 1.54) is 12.1 Å². The molecule has 0 bridgehead atoms. The molecule has 1 aliphatic rings. The fraction of sp³-hybridized carbons (Fsp3) is 0.385. The predicted molar refractivity (Wildman–Crippen MR) is 67.7 cm³/mol. The molecule has 1 atom stereocenters. The zero-order valence-electron chi connectivity index (χ0n) is 10.4. The molecule has 1 saturated carbocycles. The zero-order chi connectivity index (χ0) is 13.3. The van der Waals surface area contributed by atoms with Crippen molar-refractivity contribution in [3.63, 3.8) is 0 Å². The molecule has 0 spiro atoms. The molecular formula is C13H16N2O3. The summed E-state index contributed by atoms with van der Waals surface area (Å²) < 4.78 is 0. The van der Waals surface area contributed by atoms with Gasteiger partial charge in [-0.15, -0.1) is 0 Å². The van der Waals surface area contributed by atoms with Gasteiger partial charge in [0.25, 0.3) is 0 Å². The third-order valence-electron chi connectivity index (χ3n) is 3.19. The van der Waals surface area contributed by atoms with Gasteiger partial charge in [0.1, 0.15) is 0 Å². The van der Waals surface area contributed by atoms with Crippen LogP contribution in [0.25, 0.3) is 0 Å². The second-order valence-electron chi connectivity index (χ2n) is 5.23. The minimum Gasteiger partial charge on any atom is -0.478 e. The Morgan fingerprint density at radius 2 is 2.06 bits per heavy atom. The number of carboxylic acids is 1. The van der Waals surface area contributed by atoms with Crippen LogP contribution < -0.4 is 10.6 Å². The second kappa shape index (κ2) is 4.33. The summed E-state index contributed by atoms with van der Waals surface area (Å²) in [6.07, 6.45) is 0.968. The molecule has 0 radical (unpaired) electrons. The molecule has 3 N–H and O–H groups in total. The molecule has 1 fully saturated rings. The first-order chi connectivity index (χ1) is 8.38. The summed E-state index contributed by atoms with van der Waals surface area (Å²) >= 11 is 0. The van der Waals surface area contributed by atoms with Crippen molar-refractivity contribution in [2.45, 2.75) is 26.3 Å². The highest BCUT2D eigenvalue weighted by molar-refractivity contribution is 5.93. The Bertz CT molecular complexity index is 497. The number of carbonyl (C=O) groups is 2. The maximum Gasteiger partial charge on any atom is 0.335 e. The Kier molecular flexibility index (Phi) is 2.98. The molecule has 1 aromatic carbocycles. The van der Waals surface area contributed by atoms with E-state index in [0.717, 1.165) is 6.42 Å². The lowest BCUT2D eigenvalue weighted by Crippen LogP contribution is -2.32. The molecule has 1 aromatic rings. The van der Waals surface area contributed by atoms with Gasteiger partial charge in [0.05, 0.1) is 5.56 Å². The van der Waals surface area contributed by atoms with Crippen molar-refractivity contribution in [1.29, 1.82) is 0 Å². The molecule has 1 unspecified atom stereocenters. The van der Waals surface area contributed by atoms with Gasteiger partial charge in [0.2, 0.25) is 0 Å². The lowest BCUT2D eigenvalue weighted by molar-refractivity contribution is 0.0697. The molecule has 2 amide bonds. The third-order valence-corrected chi connectivity index (χ3v) is 3.19. The largest absolute Gasteiger partial charge is 0.478 e. The van der Waals surface area contributed by atoms with Gasteiger partial charge in [-0.25, -0.2) is 9.59 Å². The molecule has 0 aliphatic heterocycles. The summed E-state index contributed by atoms with van der Waals surface area (Å²) in [6, 6.07) is 6.06. The highest BCUT2D eigenvalue weighted by Crippen LogP contribution is 2.44. The van der Waals surface area contributed by atoms with Gasteiger partial charge in [0, 0.05) is 11.7 Å². The van der Waals surface area contributed by atoms with Gasteiger partial charge in [-0.3, -0.25) is 0 Å². The lowest BCUT2D eigenvalue weighted by atomic mass is 10.2. The van der Waals surface area contributed by atoms with Gasteiger partial charge >= 0.3 is 12.0 Å². The van der Waals surface area contributed by atoms with Gasteiger partial charge < -0.3 is 15.7 Å². The Morgan fingerprint density at radius 3 is 2.61 bits per heavy atom. The summed E-state index contributed by atoms with van der Waals surface area (Å²) in [5.41, 5.74) is 0.797. The first-order valence-electron chi connectivity index (χ1n) is 5.79. The number of benzene rings is 1. The van der Waals surface area contributed by atoms with E-state index in [1.807, 2.05) is 0 Å². The average Bonchev–Trinajstić information content (AvgIpc) is 2.85. The Morgan fingerprint density at radius 1 is 1.39 bits per heavy atom. The number of amides is 2. The molecular weight excluding hydrogens is 232 g/mol. The van der Waals surface area contributed by atoms with Crippen LogP contribution in [0.2, 0.25) is 0 Å². The summed E-state index contributed by atoms with van der Waals surface area (Å²) in [7, 11) is 0. The first kappa shape index (κ1) is 12.4. The van der Waals surface area contributed by atoms with Gasteiger partial charge in [-0.2, -0.15) is 0 Å². The van der Waals surface area contributed by atoms with Crippen molar-refractivity contribution in [3.05, 3.63) is 29.8 Å². The third kappa shape index (κ3) is 2.80. The molecule has 0 saturated heterocycles.